The summed E-state index contributed by atoms with van der Waals surface area (Å²) in [5, 5.41) is 3.97. The molecule has 0 unspecified atom stereocenters. The highest BCUT2D eigenvalue weighted by Crippen LogP contribution is 2.30. The standard InChI is InChI=1S/C22H22ClN3O4S/c1-30-19-10-9-17(13-18(19)23)25-22(27)16-7-4-12-26(14-16)31(28,29)20-8-2-5-15-6-3-11-24-21(15)20/h2-3,5-6,8-11,13,16H,4,7,12,14H2,1H3,(H,25,27)/t16-/m0/s1. The van der Waals surface area contributed by atoms with E-state index in [1.807, 2.05) is 12.1 Å². The summed E-state index contributed by atoms with van der Waals surface area (Å²) in [5.41, 5.74) is 0.971. The maximum absolute atomic E-state index is 13.4. The molecule has 0 bridgehead atoms. The van der Waals surface area contributed by atoms with Crippen LogP contribution in [0.1, 0.15) is 12.8 Å². The fraction of sp³-hybridized carbons (Fsp3) is 0.273. The molecule has 0 saturated carbocycles. The van der Waals surface area contributed by atoms with E-state index in [9.17, 15) is 13.2 Å². The summed E-state index contributed by atoms with van der Waals surface area (Å²) in [6.45, 7) is 0.477. The Hall–Kier alpha value is -2.68. The van der Waals surface area contributed by atoms with Crippen molar-refractivity contribution in [3.63, 3.8) is 0 Å². The number of nitrogens with one attached hydrogen (secondary N) is 1. The first-order valence-corrected chi connectivity index (χ1v) is 11.7. The predicted molar refractivity (Wildman–Crippen MR) is 120 cm³/mol. The van der Waals surface area contributed by atoms with Crippen LogP contribution in [0.3, 0.4) is 0 Å². The van der Waals surface area contributed by atoms with Crippen LogP contribution in [0.4, 0.5) is 5.69 Å². The molecule has 0 spiro atoms. The van der Waals surface area contributed by atoms with Gasteiger partial charge in [0.1, 0.15) is 10.6 Å². The van der Waals surface area contributed by atoms with Gasteiger partial charge in [-0.1, -0.05) is 29.8 Å². The number of fused-ring (bicyclic) bond motifs is 1. The Labute approximate surface area is 186 Å². The number of nitrogens with zero attached hydrogens (tertiary/aromatic N) is 2. The highest BCUT2D eigenvalue weighted by Gasteiger charge is 2.34. The summed E-state index contributed by atoms with van der Waals surface area (Å²) in [6, 6.07) is 13.7. The summed E-state index contributed by atoms with van der Waals surface area (Å²) in [5.74, 6) is -0.192. The third-order valence-corrected chi connectivity index (χ3v) is 7.58. The second-order valence-corrected chi connectivity index (χ2v) is 9.69. The van der Waals surface area contributed by atoms with Crippen LogP contribution in [0.15, 0.2) is 59.6 Å². The Morgan fingerprint density at radius 1 is 1.23 bits per heavy atom. The predicted octanol–water partition coefficient (Wildman–Crippen LogP) is 3.94. The van der Waals surface area contributed by atoms with Crippen LogP contribution in [0.2, 0.25) is 5.02 Å². The van der Waals surface area contributed by atoms with Crippen molar-refractivity contribution in [1.29, 1.82) is 0 Å². The van der Waals surface area contributed by atoms with E-state index >= 15 is 0 Å². The molecule has 1 aliphatic rings. The van der Waals surface area contributed by atoms with Gasteiger partial charge >= 0.3 is 0 Å². The van der Waals surface area contributed by atoms with Gasteiger partial charge in [-0.2, -0.15) is 4.31 Å². The molecule has 7 nitrogen and oxygen atoms in total. The lowest BCUT2D eigenvalue weighted by Crippen LogP contribution is -2.43. The molecule has 2 aromatic carbocycles. The van der Waals surface area contributed by atoms with Crippen molar-refractivity contribution in [1.82, 2.24) is 9.29 Å². The molecule has 0 aliphatic carbocycles. The average molecular weight is 460 g/mol. The van der Waals surface area contributed by atoms with Crippen molar-refractivity contribution >= 4 is 44.1 Å². The van der Waals surface area contributed by atoms with E-state index in [1.54, 1.807) is 42.6 Å². The minimum atomic E-state index is -3.79. The molecule has 2 heterocycles. The van der Waals surface area contributed by atoms with E-state index in [1.165, 1.54) is 11.4 Å². The topological polar surface area (TPSA) is 88.6 Å². The molecule has 1 aromatic heterocycles. The number of carbonyl (C=O) groups is 1. The number of anilines is 1. The summed E-state index contributed by atoms with van der Waals surface area (Å²) < 4.78 is 33.2. The van der Waals surface area contributed by atoms with Gasteiger partial charge in [0, 0.05) is 30.4 Å². The minimum Gasteiger partial charge on any atom is -0.495 e. The van der Waals surface area contributed by atoms with Crippen LogP contribution >= 0.6 is 11.6 Å². The number of hydrogen-bond donors (Lipinski definition) is 1. The molecule has 9 heteroatoms. The van der Waals surface area contributed by atoms with Crippen LogP contribution in [0, 0.1) is 5.92 Å². The molecule has 1 atom stereocenters. The molecule has 1 amide bonds. The van der Waals surface area contributed by atoms with Gasteiger partial charge in [0.15, 0.2) is 0 Å². The second-order valence-electron chi connectivity index (χ2n) is 7.37. The number of pyridine rings is 1. The SMILES string of the molecule is COc1ccc(NC(=O)[C@H]2CCCN(S(=O)(=O)c3cccc4cccnc34)C2)cc1Cl. The molecule has 1 N–H and O–H groups in total. The third-order valence-electron chi connectivity index (χ3n) is 5.39. The number of aromatic nitrogens is 1. The fourth-order valence-electron chi connectivity index (χ4n) is 3.79. The fourth-order valence-corrected chi connectivity index (χ4v) is 5.73. The summed E-state index contributed by atoms with van der Waals surface area (Å²) >= 11 is 6.13. The minimum absolute atomic E-state index is 0.112. The summed E-state index contributed by atoms with van der Waals surface area (Å²) in [6.07, 6.45) is 2.78. The zero-order chi connectivity index (χ0) is 22.0. The first-order valence-electron chi connectivity index (χ1n) is 9.88. The number of ether oxygens (including phenoxy) is 1. The van der Waals surface area contributed by atoms with Gasteiger partial charge in [-0.25, -0.2) is 8.42 Å². The highest BCUT2D eigenvalue weighted by molar-refractivity contribution is 7.89. The van der Waals surface area contributed by atoms with Gasteiger partial charge < -0.3 is 10.1 Å². The first-order chi connectivity index (χ1) is 14.9. The molecule has 1 aliphatic heterocycles. The number of sulfonamides is 1. The highest BCUT2D eigenvalue weighted by atomic mass is 35.5. The third kappa shape index (κ3) is 4.37. The lowest BCUT2D eigenvalue weighted by atomic mass is 9.98. The van der Waals surface area contributed by atoms with Crippen molar-refractivity contribution in [2.24, 2.45) is 5.92 Å². The Morgan fingerprint density at radius 3 is 2.81 bits per heavy atom. The van der Waals surface area contributed by atoms with Gasteiger partial charge in [-0.05, 0) is 43.2 Å². The summed E-state index contributed by atoms with van der Waals surface area (Å²) in [4.78, 5) is 17.3. The van der Waals surface area contributed by atoms with E-state index < -0.39 is 15.9 Å². The second kappa shape index (κ2) is 8.82. The molecular weight excluding hydrogens is 438 g/mol. The van der Waals surface area contributed by atoms with Crippen LogP contribution in [0.25, 0.3) is 10.9 Å². The zero-order valence-corrected chi connectivity index (χ0v) is 18.5. The van der Waals surface area contributed by atoms with E-state index in [0.29, 0.717) is 41.4 Å². The number of halogens is 1. The lowest BCUT2D eigenvalue weighted by molar-refractivity contribution is -0.120. The van der Waals surface area contributed by atoms with Crippen molar-refractivity contribution in [2.75, 3.05) is 25.5 Å². The molecule has 3 aromatic rings. The quantitative estimate of drug-likeness (QED) is 0.624. The van der Waals surface area contributed by atoms with Gasteiger partial charge in [0.25, 0.3) is 0 Å². The van der Waals surface area contributed by atoms with Crippen molar-refractivity contribution in [3.05, 3.63) is 59.8 Å². The molecule has 162 valence electrons. The lowest BCUT2D eigenvalue weighted by Gasteiger charge is -2.31. The van der Waals surface area contributed by atoms with Crippen LogP contribution in [-0.2, 0) is 14.8 Å². The monoisotopic (exact) mass is 459 g/mol. The Bertz CT molecular complexity index is 1230. The van der Waals surface area contributed by atoms with Gasteiger partial charge in [0.2, 0.25) is 15.9 Å². The van der Waals surface area contributed by atoms with E-state index in [4.69, 9.17) is 16.3 Å². The smallest absolute Gasteiger partial charge is 0.245 e. The molecule has 1 fully saturated rings. The zero-order valence-electron chi connectivity index (χ0n) is 16.9. The molecule has 1 saturated heterocycles. The van der Waals surface area contributed by atoms with Crippen LogP contribution in [-0.4, -0.2) is 43.8 Å². The van der Waals surface area contributed by atoms with E-state index in [-0.39, 0.29) is 17.3 Å². The number of rotatable bonds is 5. The Kier molecular flexibility index (Phi) is 6.13. The largest absolute Gasteiger partial charge is 0.495 e. The Morgan fingerprint density at radius 2 is 2.03 bits per heavy atom. The van der Waals surface area contributed by atoms with Crippen LogP contribution in [0.5, 0.6) is 5.75 Å². The van der Waals surface area contributed by atoms with E-state index in [0.717, 1.165) is 5.39 Å². The number of para-hydroxylation sites is 1. The number of methoxy groups -OCH3 is 1. The average Bonchev–Trinajstić information content (AvgIpc) is 2.79. The van der Waals surface area contributed by atoms with Crippen molar-refractivity contribution in [2.45, 2.75) is 17.7 Å². The Balaban J connectivity index is 1.53. The van der Waals surface area contributed by atoms with Gasteiger partial charge in [0.05, 0.1) is 23.6 Å². The molecule has 0 radical (unpaired) electrons. The number of carbonyl (C=O) groups excluding carboxylic acids is 1. The number of hydrogen-bond acceptors (Lipinski definition) is 5. The van der Waals surface area contributed by atoms with Crippen LogP contribution < -0.4 is 10.1 Å². The molecule has 31 heavy (non-hydrogen) atoms. The first kappa shape index (κ1) is 21.5. The number of piperidine rings is 1. The van der Waals surface area contributed by atoms with Crippen molar-refractivity contribution < 1.29 is 17.9 Å². The number of benzene rings is 2. The normalized spacial score (nSPS) is 17.4. The summed E-state index contributed by atoms with van der Waals surface area (Å²) in [7, 11) is -2.27. The maximum atomic E-state index is 13.4. The number of amides is 1. The van der Waals surface area contributed by atoms with Gasteiger partial charge in [-0.3, -0.25) is 9.78 Å². The molecular formula is C22H22ClN3O4S. The van der Waals surface area contributed by atoms with E-state index in [2.05, 4.69) is 10.3 Å². The maximum Gasteiger partial charge on any atom is 0.245 e. The van der Waals surface area contributed by atoms with Gasteiger partial charge in [-0.15, -0.1) is 0 Å². The molecule has 4 rings (SSSR count). The van der Waals surface area contributed by atoms with Crippen molar-refractivity contribution in [3.8, 4) is 5.75 Å².